The van der Waals surface area contributed by atoms with Gasteiger partial charge in [-0.25, -0.2) is 0 Å². The van der Waals surface area contributed by atoms with E-state index in [4.69, 9.17) is 8.83 Å². The third-order valence-corrected chi connectivity index (χ3v) is 10.6. The predicted molar refractivity (Wildman–Crippen MR) is 216 cm³/mol. The molecule has 1 aliphatic rings. The van der Waals surface area contributed by atoms with Crippen LogP contribution in [0.25, 0.3) is 82.5 Å². The minimum absolute atomic E-state index is 0.888. The van der Waals surface area contributed by atoms with Gasteiger partial charge in [-0.15, -0.1) is 0 Å². The van der Waals surface area contributed by atoms with E-state index in [-0.39, 0.29) is 0 Å². The fraction of sp³-hybridized carbons (Fsp3) is 0.0417. The Kier molecular flexibility index (Phi) is 6.34. The van der Waals surface area contributed by atoms with Crippen molar-refractivity contribution in [2.45, 2.75) is 12.8 Å². The Morgan fingerprint density at radius 3 is 2.00 bits per heavy atom. The number of rotatable bonds is 5. The largest absolute Gasteiger partial charge is 0.456 e. The lowest BCUT2D eigenvalue weighted by molar-refractivity contribution is 0.669. The number of benzene rings is 7. The van der Waals surface area contributed by atoms with Gasteiger partial charge in [0.05, 0.1) is 16.4 Å². The van der Waals surface area contributed by atoms with Crippen molar-refractivity contribution < 1.29 is 8.83 Å². The van der Waals surface area contributed by atoms with Crippen molar-refractivity contribution in [3.05, 3.63) is 176 Å². The summed E-state index contributed by atoms with van der Waals surface area (Å²) in [6, 6.07) is 54.0. The molecular formula is C48H32N2O2. The van der Waals surface area contributed by atoms with E-state index in [0.717, 1.165) is 107 Å². The predicted octanol–water partition coefficient (Wildman–Crippen LogP) is 13.6. The molecule has 10 aromatic rings. The maximum absolute atomic E-state index is 6.75. The molecule has 0 saturated heterocycles. The van der Waals surface area contributed by atoms with E-state index in [0.29, 0.717) is 0 Å². The molecule has 0 amide bonds. The van der Waals surface area contributed by atoms with Crippen molar-refractivity contribution >= 4 is 77.1 Å². The minimum Gasteiger partial charge on any atom is -0.456 e. The number of nitrogens with zero attached hydrogens (tertiary/aromatic N) is 2. The normalized spacial score (nSPS) is 13.3. The summed E-state index contributed by atoms with van der Waals surface area (Å²) in [6.45, 7) is 0. The van der Waals surface area contributed by atoms with Gasteiger partial charge in [0.25, 0.3) is 0 Å². The summed E-state index contributed by atoms with van der Waals surface area (Å²) in [5.74, 6) is 0. The maximum atomic E-state index is 6.75. The molecule has 0 saturated carbocycles. The van der Waals surface area contributed by atoms with Gasteiger partial charge in [-0.2, -0.15) is 0 Å². The van der Waals surface area contributed by atoms with Crippen LogP contribution in [0.2, 0.25) is 0 Å². The Bertz CT molecular complexity index is 3060. The summed E-state index contributed by atoms with van der Waals surface area (Å²) in [5, 5.41) is 6.73. The highest BCUT2D eigenvalue weighted by Crippen LogP contribution is 2.46. The van der Waals surface area contributed by atoms with Crippen molar-refractivity contribution in [1.29, 1.82) is 0 Å². The second kappa shape index (κ2) is 11.4. The Morgan fingerprint density at radius 1 is 0.538 bits per heavy atom. The lowest BCUT2D eigenvalue weighted by Gasteiger charge is -2.29. The van der Waals surface area contributed by atoms with E-state index in [1.54, 1.807) is 0 Å². The molecule has 3 aromatic heterocycles. The first kappa shape index (κ1) is 29.0. The molecular weight excluding hydrogens is 637 g/mol. The first-order valence-electron chi connectivity index (χ1n) is 17.9. The zero-order chi connectivity index (χ0) is 34.2. The molecule has 246 valence electrons. The summed E-state index contributed by atoms with van der Waals surface area (Å²) in [5.41, 5.74) is 12.8. The first-order valence-corrected chi connectivity index (χ1v) is 17.9. The average molecular weight is 669 g/mol. The van der Waals surface area contributed by atoms with Crippen LogP contribution in [0.15, 0.2) is 184 Å². The third-order valence-electron chi connectivity index (χ3n) is 10.6. The second-order valence-electron chi connectivity index (χ2n) is 13.6. The zero-order valence-electron chi connectivity index (χ0n) is 28.3. The van der Waals surface area contributed by atoms with Crippen LogP contribution in [0.5, 0.6) is 0 Å². The summed E-state index contributed by atoms with van der Waals surface area (Å²) < 4.78 is 15.4. The van der Waals surface area contributed by atoms with Gasteiger partial charge in [0.1, 0.15) is 22.3 Å². The maximum Gasteiger partial charge on any atom is 0.145 e. The lowest BCUT2D eigenvalue weighted by Crippen LogP contribution is -2.17. The Morgan fingerprint density at radius 2 is 1.21 bits per heavy atom. The Hall–Kier alpha value is -6.78. The van der Waals surface area contributed by atoms with E-state index in [1.165, 1.54) is 5.70 Å². The van der Waals surface area contributed by atoms with E-state index in [2.05, 4.69) is 161 Å². The fourth-order valence-corrected chi connectivity index (χ4v) is 8.30. The Balaban J connectivity index is 1.20. The number of para-hydroxylation sites is 4. The van der Waals surface area contributed by atoms with Crippen LogP contribution in [0.3, 0.4) is 0 Å². The zero-order valence-corrected chi connectivity index (χ0v) is 28.3. The highest BCUT2D eigenvalue weighted by atomic mass is 16.3. The number of hydrogen-bond donors (Lipinski definition) is 0. The number of furan rings is 2. The van der Waals surface area contributed by atoms with Crippen LogP contribution < -0.4 is 4.90 Å². The summed E-state index contributed by atoms with van der Waals surface area (Å²) in [7, 11) is 0. The molecule has 0 radical (unpaired) electrons. The second-order valence-corrected chi connectivity index (χ2v) is 13.6. The van der Waals surface area contributed by atoms with E-state index < -0.39 is 0 Å². The smallest absolute Gasteiger partial charge is 0.145 e. The molecule has 3 heterocycles. The summed E-state index contributed by atoms with van der Waals surface area (Å²) in [6.07, 6.45) is 8.68. The van der Waals surface area contributed by atoms with Crippen molar-refractivity contribution in [2.75, 3.05) is 4.90 Å². The molecule has 0 aliphatic heterocycles. The molecule has 0 bridgehead atoms. The van der Waals surface area contributed by atoms with Crippen molar-refractivity contribution in [1.82, 2.24) is 4.57 Å². The third kappa shape index (κ3) is 4.34. The molecule has 0 unspecified atom stereocenters. The molecule has 4 nitrogen and oxygen atoms in total. The van der Waals surface area contributed by atoms with Crippen LogP contribution in [0.4, 0.5) is 11.4 Å². The van der Waals surface area contributed by atoms with Gasteiger partial charge in [0.15, 0.2) is 0 Å². The van der Waals surface area contributed by atoms with Gasteiger partial charge >= 0.3 is 0 Å². The average Bonchev–Trinajstić information content (AvgIpc) is 3.88. The molecule has 0 fully saturated rings. The lowest BCUT2D eigenvalue weighted by atomic mass is 9.97. The van der Waals surface area contributed by atoms with Crippen molar-refractivity contribution in [3.8, 4) is 16.8 Å². The van der Waals surface area contributed by atoms with Crippen molar-refractivity contribution in [2.24, 2.45) is 0 Å². The van der Waals surface area contributed by atoms with Crippen LogP contribution in [0, 0.1) is 0 Å². The van der Waals surface area contributed by atoms with E-state index in [9.17, 15) is 0 Å². The van der Waals surface area contributed by atoms with Gasteiger partial charge in [0, 0.05) is 55.3 Å². The molecule has 1 aliphatic carbocycles. The SMILES string of the molecule is C1=CCCC(N(c2ccccc2)c2ccc(-n3c4ccccc4c4c5oc6ccccc6c5cc(-c5ccc6oc7ccccc7c6c5)c43)cc2)=C1. The van der Waals surface area contributed by atoms with Crippen LogP contribution in [0.1, 0.15) is 12.8 Å². The summed E-state index contributed by atoms with van der Waals surface area (Å²) in [4.78, 5) is 2.38. The monoisotopic (exact) mass is 668 g/mol. The van der Waals surface area contributed by atoms with Crippen LogP contribution >= 0.6 is 0 Å². The first-order chi connectivity index (χ1) is 25.8. The molecule has 52 heavy (non-hydrogen) atoms. The number of anilines is 2. The molecule has 11 rings (SSSR count). The van der Waals surface area contributed by atoms with Crippen LogP contribution in [-0.4, -0.2) is 4.57 Å². The molecule has 0 N–H and O–H groups in total. The molecule has 4 heteroatoms. The number of allylic oxidation sites excluding steroid dienone is 4. The number of fused-ring (bicyclic) bond motifs is 10. The fourth-order valence-electron chi connectivity index (χ4n) is 8.30. The van der Waals surface area contributed by atoms with Gasteiger partial charge in [-0.3, -0.25) is 0 Å². The Labute approximate surface area is 299 Å². The quantitative estimate of drug-likeness (QED) is 0.183. The molecule has 0 atom stereocenters. The van der Waals surface area contributed by atoms with Gasteiger partial charge in [-0.05, 0) is 97.3 Å². The van der Waals surface area contributed by atoms with Gasteiger partial charge in [0.2, 0.25) is 0 Å². The van der Waals surface area contributed by atoms with Gasteiger partial charge in [-0.1, -0.05) is 91.0 Å². The highest BCUT2D eigenvalue weighted by Gasteiger charge is 2.24. The highest BCUT2D eigenvalue weighted by molar-refractivity contribution is 6.27. The van der Waals surface area contributed by atoms with E-state index in [1.807, 2.05) is 18.2 Å². The van der Waals surface area contributed by atoms with E-state index >= 15 is 0 Å². The standard InChI is InChI=1S/C48H32N2O2/c1-3-13-32(14-4-1)49(33-15-5-2-6-16-33)34-24-26-35(27-25-34)50-42-20-10-7-19-38(42)46-47(50)39(30-41-37-18-9-12-22-44(37)52-48(41)46)31-23-28-45-40(29-31)36-17-8-11-21-43(36)51-45/h1-5,7-15,17-30H,6,16H2. The molecule has 0 spiro atoms. The van der Waals surface area contributed by atoms with Crippen LogP contribution in [-0.2, 0) is 0 Å². The number of aromatic nitrogens is 1. The van der Waals surface area contributed by atoms with Gasteiger partial charge < -0.3 is 18.3 Å². The van der Waals surface area contributed by atoms with Crippen molar-refractivity contribution in [3.63, 3.8) is 0 Å². The number of hydrogen-bond acceptors (Lipinski definition) is 3. The topological polar surface area (TPSA) is 34.5 Å². The summed E-state index contributed by atoms with van der Waals surface area (Å²) >= 11 is 0. The molecule has 7 aromatic carbocycles. The minimum atomic E-state index is 0.888.